The lowest BCUT2D eigenvalue weighted by Crippen LogP contribution is -2.65. The quantitative estimate of drug-likeness (QED) is 0.480. The van der Waals surface area contributed by atoms with E-state index in [0.717, 1.165) is 24.3 Å². The van der Waals surface area contributed by atoms with Crippen LogP contribution in [0.25, 0.3) is 0 Å². The Morgan fingerprint density at radius 3 is 2.66 bits per heavy atom. The number of ether oxygens (including phenoxy) is 2. The van der Waals surface area contributed by atoms with Crippen LogP contribution < -0.4 is 15.6 Å². The predicted octanol–water partition coefficient (Wildman–Crippen LogP) is 1.74. The topological polar surface area (TPSA) is 110 Å². The van der Waals surface area contributed by atoms with Gasteiger partial charge in [0.15, 0.2) is 17.6 Å². The Morgan fingerprint density at radius 1 is 1.17 bits per heavy atom. The highest BCUT2D eigenvalue weighted by Gasteiger charge is 2.47. The van der Waals surface area contributed by atoms with Crippen LogP contribution in [0.1, 0.15) is 53.1 Å². The zero-order valence-electron chi connectivity index (χ0n) is 20.2. The average Bonchev–Trinajstić information content (AvgIpc) is 2.89. The molecule has 1 aromatic carbocycles. The number of amides is 1. The first-order chi connectivity index (χ1) is 17.0. The molecule has 1 aromatic heterocycles. The van der Waals surface area contributed by atoms with E-state index < -0.39 is 0 Å². The van der Waals surface area contributed by atoms with E-state index in [9.17, 15) is 14.4 Å². The largest absolute Gasteiger partial charge is 0.497 e. The van der Waals surface area contributed by atoms with Crippen molar-refractivity contribution < 1.29 is 23.5 Å². The molecule has 186 valence electrons. The van der Waals surface area contributed by atoms with E-state index >= 15 is 0 Å². The molecule has 3 aliphatic rings. The van der Waals surface area contributed by atoms with Gasteiger partial charge in [-0.15, -0.1) is 0 Å². The first kappa shape index (κ1) is 23.7. The lowest BCUT2D eigenvalue weighted by molar-refractivity contribution is -0.961. The molecule has 2 N–H and O–H groups in total. The Kier molecular flexibility index (Phi) is 6.71. The number of nitrogens with one attached hydrogen (secondary N) is 2. The van der Waals surface area contributed by atoms with Crippen molar-refractivity contribution in [3.63, 3.8) is 0 Å². The molecule has 3 aliphatic heterocycles. The minimum Gasteiger partial charge on any atom is -0.497 e. The number of benzene rings is 1. The summed E-state index contributed by atoms with van der Waals surface area (Å²) in [5.41, 5.74) is 1.94. The first-order valence-electron chi connectivity index (χ1n) is 12.5. The van der Waals surface area contributed by atoms with Crippen LogP contribution in [0.2, 0.25) is 0 Å². The molecule has 1 atom stereocenters. The maximum atomic E-state index is 13.2. The summed E-state index contributed by atoms with van der Waals surface area (Å²) in [6.45, 7) is 3.40. The number of nitrogens with zero attached hydrogens (tertiary/aromatic N) is 2. The molecular weight excluding hydrogens is 448 g/mol. The van der Waals surface area contributed by atoms with Gasteiger partial charge in [-0.05, 0) is 30.7 Å². The number of hydrogen-bond acceptors (Lipinski definition) is 6. The van der Waals surface area contributed by atoms with Crippen LogP contribution in [0.15, 0.2) is 29.1 Å². The smallest absolute Gasteiger partial charge is 0.278 e. The van der Waals surface area contributed by atoms with E-state index in [1.165, 1.54) is 0 Å². The van der Waals surface area contributed by atoms with Gasteiger partial charge in [-0.1, -0.05) is 0 Å². The monoisotopic (exact) mass is 481 g/mol. The zero-order valence-corrected chi connectivity index (χ0v) is 20.2. The second-order valence-electron chi connectivity index (χ2n) is 9.88. The maximum absolute atomic E-state index is 13.2. The van der Waals surface area contributed by atoms with Crippen molar-refractivity contribution >= 4 is 11.7 Å². The average molecular weight is 482 g/mol. The number of aromatic nitrogens is 2. The standard InChI is InChI=1S/C26H32N4O5/c1-34-19-6-4-17(5-7-19)24(31)18-8-12-30(13-9-18,22-3-2-11-27-26(22)33)15-23-28-21-10-14-35-16-20(21)25(32)29-23/h4-7,18,22H,2-3,8-16H2,1H3,(H-,27,28,29,32,33)/p+1/t18?,22-,30?/m1/s1. The molecular formula is C26H33N4O5+. The Balaban J connectivity index is 1.39. The minimum atomic E-state index is -0.203. The SMILES string of the molecule is COc1ccc(C(=O)C2CC[N+](Cc3nc4c(c(=O)[nH]3)COCC4)([C@@H]3CCCNC3=O)CC2)cc1. The van der Waals surface area contributed by atoms with Crippen molar-refractivity contribution in [3.05, 3.63) is 57.3 Å². The van der Waals surface area contributed by atoms with Gasteiger partial charge >= 0.3 is 0 Å². The number of fused-ring (bicyclic) bond motifs is 1. The molecule has 2 fully saturated rings. The van der Waals surface area contributed by atoms with E-state index in [1.54, 1.807) is 7.11 Å². The third-order valence-electron chi connectivity index (χ3n) is 7.85. The van der Waals surface area contributed by atoms with Crippen LogP contribution in [-0.4, -0.2) is 65.5 Å². The lowest BCUT2D eigenvalue weighted by Gasteiger charge is -2.48. The number of piperidine rings is 2. The highest BCUT2D eigenvalue weighted by Crippen LogP contribution is 2.33. The fourth-order valence-electron chi connectivity index (χ4n) is 5.86. The van der Waals surface area contributed by atoms with E-state index in [0.29, 0.717) is 73.5 Å². The Hall–Kier alpha value is -3.04. The van der Waals surface area contributed by atoms with Crippen LogP contribution >= 0.6 is 0 Å². The molecule has 1 amide bonds. The Morgan fingerprint density at radius 2 is 1.94 bits per heavy atom. The van der Waals surface area contributed by atoms with E-state index in [-0.39, 0.29) is 35.8 Å². The third kappa shape index (κ3) is 4.75. The second kappa shape index (κ2) is 9.91. The fourth-order valence-corrected chi connectivity index (χ4v) is 5.86. The van der Waals surface area contributed by atoms with Crippen molar-refractivity contribution in [2.24, 2.45) is 5.92 Å². The summed E-state index contributed by atoms with van der Waals surface area (Å²) in [5, 5.41) is 3.03. The molecule has 0 unspecified atom stereocenters. The number of carbonyl (C=O) groups excluding carboxylic acids is 2. The zero-order chi connectivity index (χ0) is 24.4. The molecule has 0 radical (unpaired) electrons. The number of Topliss-reactive ketones (excluding diaryl/α,β-unsaturated/α-hetero) is 1. The maximum Gasteiger partial charge on any atom is 0.278 e. The first-order valence-corrected chi connectivity index (χ1v) is 12.5. The van der Waals surface area contributed by atoms with Crippen molar-refractivity contribution in [2.75, 3.05) is 33.4 Å². The predicted molar refractivity (Wildman–Crippen MR) is 128 cm³/mol. The normalized spacial score (nSPS) is 26.5. The summed E-state index contributed by atoms with van der Waals surface area (Å²) >= 11 is 0. The highest BCUT2D eigenvalue weighted by molar-refractivity contribution is 5.98. The van der Waals surface area contributed by atoms with Gasteiger partial charge in [0.25, 0.3) is 11.5 Å². The second-order valence-corrected chi connectivity index (χ2v) is 9.88. The number of rotatable bonds is 6. The van der Waals surface area contributed by atoms with Gasteiger partial charge in [0.2, 0.25) is 0 Å². The van der Waals surface area contributed by atoms with Crippen LogP contribution in [0.5, 0.6) is 5.75 Å². The molecule has 2 saturated heterocycles. The number of carbonyl (C=O) groups is 2. The van der Waals surface area contributed by atoms with Gasteiger partial charge in [0.05, 0.1) is 44.7 Å². The molecule has 9 heteroatoms. The van der Waals surface area contributed by atoms with Gasteiger partial charge in [-0.25, -0.2) is 4.98 Å². The Bertz CT molecular complexity index is 1150. The van der Waals surface area contributed by atoms with Gasteiger partial charge in [-0.2, -0.15) is 0 Å². The van der Waals surface area contributed by atoms with Crippen LogP contribution in [-0.2, 0) is 29.1 Å². The summed E-state index contributed by atoms with van der Waals surface area (Å²) in [7, 11) is 1.61. The number of ketones is 1. The third-order valence-corrected chi connectivity index (χ3v) is 7.85. The molecule has 9 nitrogen and oxygen atoms in total. The number of likely N-dealkylation sites (tertiary alicyclic amines) is 1. The summed E-state index contributed by atoms with van der Waals surface area (Å²) in [6, 6.07) is 7.05. The van der Waals surface area contributed by atoms with Gasteiger partial charge in [-0.3, -0.25) is 14.4 Å². The Labute approximate surface area is 204 Å². The van der Waals surface area contributed by atoms with Crippen LogP contribution in [0.3, 0.4) is 0 Å². The van der Waals surface area contributed by atoms with Crippen molar-refractivity contribution in [2.45, 2.75) is 51.3 Å². The summed E-state index contributed by atoms with van der Waals surface area (Å²) in [5.74, 6) is 1.45. The highest BCUT2D eigenvalue weighted by atomic mass is 16.5. The molecule has 0 saturated carbocycles. The summed E-state index contributed by atoms with van der Waals surface area (Å²) in [4.78, 5) is 46.6. The molecule has 4 heterocycles. The summed E-state index contributed by atoms with van der Waals surface area (Å²) in [6.07, 6.45) is 3.73. The van der Waals surface area contributed by atoms with Crippen LogP contribution in [0, 0.1) is 5.92 Å². The van der Waals surface area contributed by atoms with Crippen LogP contribution in [0.4, 0.5) is 0 Å². The van der Waals surface area contributed by atoms with Gasteiger partial charge in [0, 0.05) is 43.7 Å². The number of quaternary nitrogens is 1. The van der Waals surface area contributed by atoms with Gasteiger partial charge in [0.1, 0.15) is 12.3 Å². The van der Waals surface area contributed by atoms with E-state index in [1.807, 2.05) is 24.3 Å². The minimum absolute atomic E-state index is 0.0601. The molecule has 0 spiro atoms. The summed E-state index contributed by atoms with van der Waals surface area (Å²) < 4.78 is 11.2. The van der Waals surface area contributed by atoms with Crippen molar-refractivity contribution in [1.82, 2.24) is 15.3 Å². The number of H-pyrrole nitrogens is 1. The van der Waals surface area contributed by atoms with Crippen molar-refractivity contribution in [3.8, 4) is 5.75 Å². The number of aromatic amines is 1. The number of methoxy groups -OCH3 is 1. The fraction of sp³-hybridized carbons (Fsp3) is 0.538. The van der Waals surface area contributed by atoms with Gasteiger partial charge < -0.3 is 24.3 Å². The van der Waals surface area contributed by atoms with Crippen molar-refractivity contribution in [1.29, 1.82) is 0 Å². The molecule has 35 heavy (non-hydrogen) atoms. The molecule has 5 rings (SSSR count). The number of hydrogen-bond donors (Lipinski definition) is 2. The van der Waals surface area contributed by atoms with E-state index in [4.69, 9.17) is 14.5 Å². The molecule has 2 aromatic rings. The lowest BCUT2D eigenvalue weighted by atomic mass is 9.85. The molecule has 0 bridgehead atoms. The molecule has 0 aliphatic carbocycles. The van der Waals surface area contributed by atoms with E-state index in [2.05, 4.69) is 10.3 Å².